The molecule has 0 bridgehead atoms. The molecule has 1 aromatic heterocycles. The number of nitrogens with one attached hydrogen (secondary N) is 2. The lowest BCUT2D eigenvalue weighted by Gasteiger charge is -2.12. The van der Waals surface area contributed by atoms with Crippen molar-refractivity contribution in [2.45, 2.75) is 38.8 Å². The Hall–Kier alpha value is -1.96. The number of guanidine groups is 1. The van der Waals surface area contributed by atoms with Crippen LogP contribution in [0.5, 0.6) is 0 Å². The van der Waals surface area contributed by atoms with Crippen LogP contribution in [0.3, 0.4) is 0 Å². The molecule has 152 valence electrons. The summed E-state index contributed by atoms with van der Waals surface area (Å²) in [7, 11) is 0. The van der Waals surface area contributed by atoms with Gasteiger partial charge in [-0.25, -0.2) is 9.98 Å². The van der Waals surface area contributed by atoms with E-state index in [1.165, 1.54) is 0 Å². The fourth-order valence-corrected chi connectivity index (χ4v) is 3.78. The first-order chi connectivity index (χ1) is 13.8. The fourth-order valence-electron chi connectivity index (χ4n) is 2.97. The molecule has 1 atom stereocenters. The van der Waals surface area contributed by atoms with Crippen LogP contribution < -0.4 is 10.6 Å². The highest BCUT2D eigenvalue weighted by Crippen LogP contribution is 2.23. The van der Waals surface area contributed by atoms with Crippen molar-refractivity contribution in [3.05, 3.63) is 41.4 Å². The van der Waals surface area contributed by atoms with Gasteiger partial charge in [0, 0.05) is 37.2 Å². The summed E-state index contributed by atoms with van der Waals surface area (Å²) in [5.74, 6) is 0.816. The molecular formula is C21H30N4O2S. The molecule has 1 saturated heterocycles. The predicted octanol–water partition coefficient (Wildman–Crippen LogP) is 3.45. The molecule has 1 aliphatic heterocycles. The number of aromatic nitrogens is 1. The molecule has 2 aromatic rings. The third-order valence-corrected chi connectivity index (χ3v) is 5.34. The molecule has 1 aliphatic rings. The lowest BCUT2D eigenvalue weighted by atomic mass is 10.2. The van der Waals surface area contributed by atoms with Crippen LogP contribution in [0.4, 0.5) is 0 Å². The molecule has 2 N–H and O–H groups in total. The van der Waals surface area contributed by atoms with Gasteiger partial charge in [0.1, 0.15) is 5.01 Å². The molecule has 2 heterocycles. The Morgan fingerprint density at radius 1 is 1.32 bits per heavy atom. The molecule has 28 heavy (non-hydrogen) atoms. The van der Waals surface area contributed by atoms with E-state index in [9.17, 15) is 0 Å². The molecule has 1 unspecified atom stereocenters. The highest BCUT2D eigenvalue weighted by molar-refractivity contribution is 7.13. The summed E-state index contributed by atoms with van der Waals surface area (Å²) in [6.45, 7) is 6.61. The minimum atomic E-state index is 0.297. The van der Waals surface area contributed by atoms with Gasteiger partial charge in [-0.3, -0.25) is 0 Å². The van der Waals surface area contributed by atoms with Crippen LogP contribution in [0.15, 0.2) is 40.7 Å². The topological polar surface area (TPSA) is 67.8 Å². The number of nitrogens with zero attached hydrogens (tertiary/aromatic N) is 2. The first kappa shape index (κ1) is 20.8. The number of thiazole rings is 1. The van der Waals surface area contributed by atoms with Gasteiger partial charge in [-0.05, 0) is 26.2 Å². The molecular weight excluding hydrogens is 372 g/mol. The van der Waals surface area contributed by atoms with Gasteiger partial charge in [-0.15, -0.1) is 11.3 Å². The van der Waals surface area contributed by atoms with Gasteiger partial charge in [0.25, 0.3) is 0 Å². The van der Waals surface area contributed by atoms with E-state index in [-0.39, 0.29) is 0 Å². The average molecular weight is 403 g/mol. The van der Waals surface area contributed by atoms with Crippen molar-refractivity contribution in [1.29, 1.82) is 0 Å². The number of aliphatic imine (C=N–C) groups is 1. The lowest BCUT2D eigenvalue weighted by Crippen LogP contribution is -2.38. The second kappa shape index (κ2) is 11.8. The van der Waals surface area contributed by atoms with E-state index in [0.29, 0.717) is 19.3 Å². The number of rotatable bonds is 10. The van der Waals surface area contributed by atoms with Crippen molar-refractivity contribution in [2.24, 2.45) is 4.99 Å². The van der Waals surface area contributed by atoms with Crippen LogP contribution in [0.1, 0.15) is 31.9 Å². The molecule has 1 aromatic carbocycles. The second-order valence-electron chi connectivity index (χ2n) is 6.70. The maximum atomic E-state index is 5.70. The van der Waals surface area contributed by atoms with Crippen LogP contribution in [0.25, 0.3) is 10.6 Å². The Morgan fingerprint density at radius 3 is 3.00 bits per heavy atom. The number of hydrogen-bond donors (Lipinski definition) is 2. The minimum absolute atomic E-state index is 0.297. The van der Waals surface area contributed by atoms with Crippen molar-refractivity contribution >= 4 is 17.3 Å². The highest BCUT2D eigenvalue weighted by atomic mass is 32.1. The molecule has 0 amide bonds. The Labute approximate surface area is 171 Å². The summed E-state index contributed by atoms with van der Waals surface area (Å²) >= 11 is 1.66. The predicted molar refractivity (Wildman–Crippen MR) is 115 cm³/mol. The molecule has 7 heteroatoms. The summed E-state index contributed by atoms with van der Waals surface area (Å²) in [5.41, 5.74) is 2.14. The monoisotopic (exact) mass is 402 g/mol. The van der Waals surface area contributed by atoms with E-state index in [1.807, 2.05) is 18.2 Å². The van der Waals surface area contributed by atoms with E-state index in [1.54, 1.807) is 11.3 Å². The van der Waals surface area contributed by atoms with Crippen molar-refractivity contribution in [3.8, 4) is 10.6 Å². The SMILES string of the molecule is CCNC(=NCc1csc(-c2ccccc2)n1)NCCCOCC1CCCO1. The lowest BCUT2D eigenvalue weighted by molar-refractivity contribution is 0.0168. The van der Waals surface area contributed by atoms with Gasteiger partial charge in [-0.2, -0.15) is 0 Å². The molecule has 0 spiro atoms. The van der Waals surface area contributed by atoms with Crippen LogP contribution in [0, 0.1) is 0 Å². The van der Waals surface area contributed by atoms with Crippen molar-refractivity contribution in [1.82, 2.24) is 15.6 Å². The van der Waals surface area contributed by atoms with E-state index in [0.717, 1.165) is 67.8 Å². The van der Waals surface area contributed by atoms with E-state index < -0.39 is 0 Å². The van der Waals surface area contributed by atoms with Gasteiger partial charge >= 0.3 is 0 Å². The zero-order valence-corrected chi connectivity index (χ0v) is 17.3. The number of hydrogen-bond acceptors (Lipinski definition) is 5. The second-order valence-corrected chi connectivity index (χ2v) is 7.55. The van der Waals surface area contributed by atoms with E-state index in [4.69, 9.17) is 14.5 Å². The Kier molecular flexibility index (Phi) is 8.74. The number of ether oxygens (including phenoxy) is 2. The average Bonchev–Trinajstić information content (AvgIpc) is 3.41. The maximum absolute atomic E-state index is 5.70. The van der Waals surface area contributed by atoms with Crippen LogP contribution in [-0.2, 0) is 16.0 Å². The van der Waals surface area contributed by atoms with Gasteiger partial charge in [0.15, 0.2) is 5.96 Å². The molecule has 0 saturated carbocycles. The van der Waals surface area contributed by atoms with Crippen LogP contribution >= 0.6 is 11.3 Å². The first-order valence-electron chi connectivity index (χ1n) is 10.1. The zero-order valence-electron chi connectivity index (χ0n) is 16.5. The number of benzene rings is 1. The van der Waals surface area contributed by atoms with Crippen LogP contribution in [-0.4, -0.2) is 50.0 Å². The minimum Gasteiger partial charge on any atom is -0.379 e. The molecule has 6 nitrogen and oxygen atoms in total. The Morgan fingerprint density at radius 2 is 2.21 bits per heavy atom. The summed E-state index contributed by atoms with van der Waals surface area (Å²) in [6, 6.07) is 10.2. The van der Waals surface area contributed by atoms with Gasteiger partial charge in [0.05, 0.1) is 24.9 Å². The third kappa shape index (κ3) is 6.89. The van der Waals surface area contributed by atoms with Gasteiger partial charge in [-0.1, -0.05) is 30.3 Å². The zero-order chi connectivity index (χ0) is 19.4. The van der Waals surface area contributed by atoms with Crippen molar-refractivity contribution in [2.75, 3.05) is 32.9 Å². The maximum Gasteiger partial charge on any atom is 0.191 e. The Bertz CT molecular complexity index is 714. The normalized spacial score (nSPS) is 17.0. The Balaban J connectivity index is 1.39. The molecule has 3 rings (SSSR count). The van der Waals surface area contributed by atoms with Gasteiger partial charge < -0.3 is 20.1 Å². The molecule has 1 fully saturated rings. The third-order valence-electron chi connectivity index (χ3n) is 4.40. The van der Waals surface area contributed by atoms with Crippen LogP contribution in [0.2, 0.25) is 0 Å². The van der Waals surface area contributed by atoms with E-state index >= 15 is 0 Å². The first-order valence-corrected chi connectivity index (χ1v) is 10.9. The highest BCUT2D eigenvalue weighted by Gasteiger charge is 2.14. The molecule has 0 radical (unpaired) electrons. The quantitative estimate of drug-likeness (QED) is 0.362. The standard InChI is InChI=1S/C21H30N4O2S/c1-2-22-21(23-11-7-12-26-15-19-10-6-13-27-19)24-14-18-16-28-20(25-18)17-8-4-3-5-9-17/h3-5,8-9,16,19H,2,6-7,10-15H2,1H3,(H2,22,23,24). The molecule has 0 aliphatic carbocycles. The summed E-state index contributed by atoms with van der Waals surface area (Å²) in [5, 5.41) is 9.75. The van der Waals surface area contributed by atoms with Crippen molar-refractivity contribution < 1.29 is 9.47 Å². The summed E-state index contributed by atoms with van der Waals surface area (Å²) < 4.78 is 11.3. The van der Waals surface area contributed by atoms with Crippen molar-refractivity contribution in [3.63, 3.8) is 0 Å². The van der Waals surface area contributed by atoms with Gasteiger partial charge in [0.2, 0.25) is 0 Å². The fraction of sp³-hybridized carbons (Fsp3) is 0.524. The largest absolute Gasteiger partial charge is 0.379 e. The smallest absolute Gasteiger partial charge is 0.191 e. The van der Waals surface area contributed by atoms with E-state index in [2.05, 4.69) is 40.1 Å². The summed E-state index contributed by atoms with van der Waals surface area (Å²) in [4.78, 5) is 9.34. The summed E-state index contributed by atoms with van der Waals surface area (Å²) in [6.07, 6.45) is 3.51.